The molecule has 0 aliphatic rings. The summed E-state index contributed by atoms with van der Waals surface area (Å²) in [5.41, 5.74) is 0. The molecule has 0 aromatic heterocycles. The second-order valence-electron chi connectivity index (χ2n) is 4.76. The van der Waals surface area contributed by atoms with Crippen LogP contribution in [0.3, 0.4) is 0 Å². The Bertz CT molecular complexity index is 561. The summed E-state index contributed by atoms with van der Waals surface area (Å²) in [7, 11) is 0.390. The minimum Gasteiger partial charge on any atom is -0.493 e. The molecule has 0 atom stereocenters. The van der Waals surface area contributed by atoms with Gasteiger partial charge in [-0.05, 0) is 31.3 Å². The Labute approximate surface area is 138 Å². The minimum absolute atomic E-state index is 0. The summed E-state index contributed by atoms with van der Waals surface area (Å²) in [5, 5.41) is 2.98. The summed E-state index contributed by atoms with van der Waals surface area (Å²) in [4.78, 5) is 13.7. The molecule has 1 N–H and O–H groups in total. The summed E-state index contributed by atoms with van der Waals surface area (Å²) >= 11 is 0. The Morgan fingerprint density at radius 3 is 2.36 bits per heavy atom. The van der Waals surface area contributed by atoms with Gasteiger partial charge < -0.3 is 15.0 Å². The average Bonchev–Trinajstić information content (AvgIpc) is 2.44. The van der Waals surface area contributed by atoms with E-state index in [4.69, 9.17) is 4.74 Å². The lowest BCUT2D eigenvalue weighted by Gasteiger charge is -2.17. The van der Waals surface area contributed by atoms with Gasteiger partial charge in [0, 0.05) is 26.4 Å². The van der Waals surface area contributed by atoms with Crippen LogP contribution in [0.1, 0.15) is 6.42 Å². The van der Waals surface area contributed by atoms with Gasteiger partial charge in [-0.15, -0.1) is 12.4 Å². The number of amides is 1. The highest BCUT2D eigenvalue weighted by Crippen LogP contribution is 2.15. The molecule has 1 aromatic carbocycles. The number of halogens is 1. The molecule has 6 nitrogen and oxygen atoms in total. The third-order valence-electron chi connectivity index (χ3n) is 2.96. The summed E-state index contributed by atoms with van der Waals surface area (Å²) in [5.74, 6) is 0.561. The number of benzene rings is 1. The van der Waals surface area contributed by atoms with Crippen LogP contribution in [0.15, 0.2) is 29.2 Å². The van der Waals surface area contributed by atoms with E-state index < -0.39 is 9.84 Å². The fourth-order valence-electron chi connectivity index (χ4n) is 1.63. The highest BCUT2D eigenvalue weighted by atomic mass is 35.5. The zero-order chi connectivity index (χ0) is 15.9. The third-order valence-corrected chi connectivity index (χ3v) is 4.09. The molecule has 0 fully saturated rings. The van der Waals surface area contributed by atoms with Crippen molar-refractivity contribution in [3.8, 4) is 5.75 Å². The Kier molecular flexibility index (Phi) is 9.08. The van der Waals surface area contributed by atoms with Gasteiger partial charge in [0.25, 0.3) is 0 Å². The van der Waals surface area contributed by atoms with E-state index >= 15 is 0 Å². The number of carbonyl (C=O) groups excluding carboxylic acids is 1. The maximum absolute atomic E-state index is 11.8. The van der Waals surface area contributed by atoms with Crippen molar-refractivity contribution in [1.29, 1.82) is 0 Å². The van der Waals surface area contributed by atoms with E-state index in [1.165, 1.54) is 12.1 Å². The Morgan fingerprint density at radius 1 is 1.27 bits per heavy atom. The van der Waals surface area contributed by atoms with Crippen molar-refractivity contribution in [3.63, 3.8) is 0 Å². The van der Waals surface area contributed by atoms with E-state index in [0.29, 0.717) is 12.3 Å². The number of sulfone groups is 1. The first-order chi connectivity index (χ1) is 9.84. The fraction of sp³-hybridized carbons (Fsp3) is 0.500. The number of nitrogens with one attached hydrogen (secondary N) is 1. The maximum atomic E-state index is 11.8. The van der Waals surface area contributed by atoms with Crippen LogP contribution in [-0.4, -0.2) is 59.3 Å². The average molecular weight is 351 g/mol. The maximum Gasteiger partial charge on any atom is 0.225 e. The quantitative estimate of drug-likeness (QED) is 0.755. The summed E-state index contributed by atoms with van der Waals surface area (Å²) in [6.45, 7) is 1.66. The highest BCUT2D eigenvalue weighted by molar-refractivity contribution is 7.90. The molecule has 0 aliphatic heterocycles. The lowest BCUT2D eigenvalue weighted by atomic mass is 10.3. The zero-order valence-electron chi connectivity index (χ0n) is 13.0. The predicted octanol–water partition coefficient (Wildman–Crippen LogP) is 0.959. The first-order valence-corrected chi connectivity index (χ1v) is 8.55. The van der Waals surface area contributed by atoms with Crippen molar-refractivity contribution >= 4 is 28.2 Å². The molecule has 22 heavy (non-hydrogen) atoms. The van der Waals surface area contributed by atoms with Gasteiger partial charge >= 0.3 is 0 Å². The number of nitrogens with zero attached hydrogens (tertiary/aromatic N) is 1. The molecular formula is C14H23ClN2O4S. The minimum atomic E-state index is -3.20. The molecule has 1 aromatic rings. The first kappa shape index (κ1) is 20.7. The predicted molar refractivity (Wildman–Crippen MR) is 88.5 cm³/mol. The SMILES string of the molecule is CNCCN(C)C(=O)CCOc1ccc(S(C)(=O)=O)cc1.Cl. The van der Waals surface area contributed by atoms with Crippen molar-refractivity contribution in [1.82, 2.24) is 10.2 Å². The van der Waals surface area contributed by atoms with Gasteiger partial charge in [-0.1, -0.05) is 0 Å². The first-order valence-electron chi connectivity index (χ1n) is 6.66. The van der Waals surface area contributed by atoms with Crippen LogP contribution in [0.5, 0.6) is 5.75 Å². The van der Waals surface area contributed by atoms with E-state index in [1.54, 1.807) is 24.1 Å². The van der Waals surface area contributed by atoms with Gasteiger partial charge in [0.05, 0.1) is 17.9 Å². The number of hydrogen-bond acceptors (Lipinski definition) is 5. The Balaban J connectivity index is 0.00000441. The van der Waals surface area contributed by atoms with E-state index in [-0.39, 0.29) is 36.2 Å². The summed E-state index contributed by atoms with van der Waals surface area (Å²) in [6, 6.07) is 6.16. The largest absolute Gasteiger partial charge is 0.493 e. The molecule has 1 rings (SSSR count). The topological polar surface area (TPSA) is 75.7 Å². The molecule has 1 amide bonds. The summed E-state index contributed by atoms with van der Waals surface area (Å²) in [6.07, 6.45) is 1.44. The smallest absolute Gasteiger partial charge is 0.225 e. The molecule has 126 valence electrons. The molecule has 0 bridgehead atoms. The van der Waals surface area contributed by atoms with Gasteiger partial charge in [-0.3, -0.25) is 4.79 Å². The van der Waals surface area contributed by atoms with Crippen molar-refractivity contribution < 1.29 is 17.9 Å². The molecule has 0 saturated carbocycles. The zero-order valence-corrected chi connectivity index (χ0v) is 14.7. The van der Waals surface area contributed by atoms with E-state index in [0.717, 1.165) is 12.8 Å². The van der Waals surface area contributed by atoms with Gasteiger partial charge in [0.1, 0.15) is 5.75 Å². The van der Waals surface area contributed by atoms with Crippen LogP contribution in [0.25, 0.3) is 0 Å². The molecule has 0 heterocycles. The van der Waals surface area contributed by atoms with Crippen LogP contribution in [0.2, 0.25) is 0 Å². The lowest BCUT2D eigenvalue weighted by molar-refractivity contribution is -0.130. The number of ether oxygens (including phenoxy) is 1. The highest BCUT2D eigenvalue weighted by Gasteiger charge is 2.09. The molecule has 0 saturated heterocycles. The molecule has 0 radical (unpaired) electrons. The Hall–Kier alpha value is -1.31. The van der Waals surface area contributed by atoms with Crippen molar-refractivity contribution in [2.24, 2.45) is 0 Å². The lowest BCUT2D eigenvalue weighted by Crippen LogP contribution is -2.33. The molecular weight excluding hydrogens is 328 g/mol. The van der Waals surface area contributed by atoms with E-state index in [9.17, 15) is 13.2 Å². The molecule has 0 spiro atoms. The second-order valence-corrected chi connectivity index (χ2v) is 6.78. The number of likely N-dealkylation sites (N-methyl/N-ethyl adjacent to an activating group) is 2. The number of carbonyl (C=O) groups is 1. The van der Waals surface area contributed by atoms with Crippen molar-refractivity contribution in [2.75, 3.05) is 40.0 Å². The monoisotopic (exact) mass is 350 g/mol. The number of rotatable bonds is 8. The van der Waals surface area contributed by atoms with Gasteiger partial charge in [0.15, 0.2) is 9.84 Å². The van der Waals surface area contributed by atoms with E-state index in [1.807, 2.05) is 7.05 Å². The van der Waals surface area contributed by atoms with Crippen LogP contribution in [0.4, 0.5) is 0 Å². The van der Waals surface area contributed by atoms with Gasteiger partial charge in [0.2, 0.25) is 5.91 Å². The normalized spacial score (nSPS) is 10.7. The molecule has 0 aliphatic carbocycles. The van der Waals surface area contributed by atoms with E-state index in [2.05, 4.69) is 5.32 Å². The van der Waals surface area contributed by atoms with Crippen LogP contribution in [0, 0.1) is 0 Å². The molecule has 8 heteroatoms. The summed E-state index contributed by atoms with van der Waals surface area (Å²) < 4.78 is 28.1. The third kappa shape index (κ3) is 7.11. The van der Waals surface area contributed by atoms with Gasteiger partial charge in [-0.25, -0.2) is 8.42 Å². The van der Waals surface area contributed by atoms with Crippen LogP contribution in [-0.2, 0) is 14.6 Å². The standard InChI is InChI=1S/C14H22N2O4S.ClH/c1-15-9-10-16(2)14(17)8-11-20-12-4-6-13(7-5-12)21(3,18)19;/h4-7,15H,8-11H2,1-3H3;1H. The van der Waals surface area contributed by atoms with Gasteiger partial charge in [-0.2, -0.15) is 0 Å². The second kappa shape index (κ2) is 9.66. The van der Waals surface area contributed by atoms with Crippen LogP contribution >= 0.6 is 12.4 Å². The Morgan fingerprint density at radius 2 is 1.86 bits per heavy atom. The van der Waals surface area contributed by atoms with Crippen molar-refractivity contribution in [3.05, 3.63) is 24.3 Å². The number of hydrogen-bond donors (Lipinski definition) is 1. The van der Waals surface area contributed by atoms with Crippen LogP contribution < -0.4 is 10.1 Å². The van der Waals surface area contributed by atoms with Crippen molar-refractivity contribution in [2.45, 2.75) is 11.3 Å². The molecule has 0 unspecified atom stereocenters. The fourth-order valence-corrected chi connectivity index (χ4v) is 2.26.